The monoisotopic (exact) mass is 498 g/mol. The highest BCUT2D eigenvalue weighted by Crippen LogP contribution is 2.23. The summed E-state index contributed by atoms with van der Waals surface area (Å²) in [7, 11) is -1.29. The standard InChI is InChI=1S/C15H22N4O3S2.HI/c1-11(6-8-24(3,20)21)18-15(16-2)17-9-12-10-22-14(19-12)13-5-4-7-23-13;/h4-5,7,10-11H,6,8-9H2,1-3H3,(H2,16,17,18);1H. The molecule has 0 aliphatic carbocycles. The largest absolute Gasteiger partial charge is 0.443 e. The molecule has 1 unspecified atom stereocenters. The number of thiophene rings is 1. The lowest BCUT2D eigenvalue weighted by Crippen LogP contribution is -2.42. The van der Waals surface area contributed by atoms with Crippen LogP contribution in [0.15, 0.2) is 33.2 Å². The molecule has 2 aromatic rings. The zero-order chi connectivity index (χ0) is 17.6. The van der Waals surface area contributed by atoms with Crippen LogP contribution < -0.4 is 10.6 Å². The van der Waals surface area contributed by atoms with Gasteiger partial charge in [-0.1, -0.05) is 6.07 Å². The highest BCUT2D eigenvalue weighted by molar-refractivity contribution is 14.0. The third-order valence-electron chi connectivity index (χ3n) is 3.25. The van der Waals surface area contributed by atoms with Crippen LogP contribution in [-0.2, 0) is 16.4 Å². The molecule has 0 saturated heterocycles. The van der Waals surface area contributed by atoms with Gasteiger partial charge in [0.05, 0.1) is 22.9 Å². The van der Waals surface area contributed by atoms with Crippen LogP contribution >= 0.6 is 35.3 Å². The normalized spacial score (nSPS) is 13.2. The van der Waals surface area contributed by atoms with Gasteiger partial charge in [0, 0.05) is 19.3 Å². The van der Waals surface area contributed by atoms with Gasteiger partial charge in [0.1, 0.15) is 16.1 Å². The Bertz CT molecular complexity index is 773. The second-order valence-electron chi connectivity index (χ2n) is 5.51. The zero-order valence-electron chi connectivity index (χ0n) is 14.4. The molecule has 2 heterocycles. The lowest BCUT2D eigenvalue weighted by atomic mass is 10.3. The fourth-order valence-corrected chi connectivity index (χ4v) is 3.40. The van der Waals surface area contributed by atoms with E-state index < -0.39 is 9.84 Å². The summed E-state index contributed by atoms with van der Waals surface area (Å²) in [5, 5.41) is 8.28. The number of aromatic nitrogens is 1. The van der Waals surface area contributed by atoms with Crippen molar-refractivity contribution in [1.29, 1.82) is 0 Å². The molecule has 0 saturated carbocycles. The number of rotatable bonds is 7. The summed E-state index contributed by atoms with van der Waals surface area (Å²) in [5.41, 5.74) is 0.769. The zero-order valence-corrected chi connectivity index (χ0v) is 18.3. The predicted molar refractivity (Wildman–Crippen MR) is 112 cm³/mol. The topological polar surface area (TPSA) is 96.6 Å². The van der Waals surface area contributed by atoms with Crippen LogP contribution in [0, 0.1) is 0 Å². The molecule has 25 heavy (non-hydrogen) atoms. The second-order valence-corrected chi connectivity index (χ2v) is 8.72. The average molecular weight is 498 g/mol. The van der Waals surface area contributed by atoms with E-state index in [2.05, 4.69) is 20.6 Å². The van der Waals surface area contributed by atoms with Crippen LogP contribution in [-0.4, -0.2) is 44.5 Å². The first-order valence-electron chi connectivity index (χ1n) is 7.50. The van der Waals surface area contributed by atoms with Gasteiger partial charge in [-0.2, -0.15) is 0 Å². The van der Waals surface area contributed by atoms with Crippen molar-refractivity contribution < 1.29 is 12.8 Å². The Morgan fingerprint density at radius 3 is 2.84 bits per heavy atom. The van der Waals surface area contributed by atoms with Gasteiger partial charge in [-0.25, -0.2) is 13.4 Å². The first-order valence-corrected chi connectivity index (χ1v) is 10.4. The van der Waals surface area contributed by atoms with E-state index in [-0.39, 0.29) is 35.8 Å². The van der Waals surface area contributed by atoms with Crippen LogP contribution in [0.4, 0.5) is 0 Å². The number of guanidine groups is 1. The van der Waals surface area contributed by atoms with Gasteiger partial charge < -0.3 is 15.1 Å². The van der Waals surface area contributed by atoms with Crippen molar-refractivity contribution in [2.45, 2.75) is 25.9 Å². The SMILES string of the molecule is CN=C(NCc1coc(-c2cccs2)n1)NC(C)CCS(C)(=O)=O.I. The van der Waals surface area contributed by atoms with Crippen molar-refractivity contribution in [1.82, 2.24) is 15.6 Å². The smallest absolute Gasteiger partial charge is 0.236 e. The quantitative estimate of drug-likeness (QED) is 0.346. The Hall–Kier alpha value is -1.14. The number of oxazole rings is 1. The fourth-order valence-electron chi connectivity index (χ4n) is 1.97. The van der Waals surface area contributed by atoms with Crippen LogP contribution in [0.3, 0.4) is 0 Å². The number of halogens is 1. The summed E-state index contributed by atoms with van der Waals surface area (Å²) in [6.07, 6.45) is 3.37. The van der Waals surface area contributed by atoms with E-state index in [0.717, 1.165) is 10.6 Å². The number of nitrogens with one attached hydrogen (secondary N) is 2. The van der Waals surface area contributed by atoms with Gasteiger partial charge in [0.2, 0.25) is 5.89 Å². The summed E-state index contributed by atoms with van der Waals surface area (Å²) in [5.74, 6) is 1.34. The molecule has 0 aromatic carbocycles. The third kappa shape index (κ3) is 7.74. The number of hydrogen-bond acceptors (Lipinski definition) is 6. The molecule has 7 nitrogen and oxygen atoms in total. The van der Waals surface area contributed by atoms with Crippen LogP contribution in [0.5, 0.6) is 0 Å². The second kappa shape index (κ2) is 10.1. The van der Waals surface area contributed by atoms with Gasteiger partial charge in [-0.05, 0) is 24.8 Å². The van der Waals surface area contributed by atoms with E-state index in [0.29, 0.717) is 24.8 Å². The van der Waals surface area contributed by atoms with Crippen molar-refractivity contribution in [3.8, 4) is 10.8 Å². The Labute approximate surface area is 169 Å². The Balaban J connectivity index is 0.00000312. The number of nitrogens with zero attached hydrogens (tertiary/aromatic N) is 2. The molecule has 2 N–H and O–H groups in total. The molecule has 0 radical (unpaired) electrons. The van der Waals surface area contributed by atoms with E-state index in [1.807, 2.05) is 24.4 Å². The van der Waals surface area contributed by atoms with Crippen LogP contribution in [0.1, 0.15) is 19.0 Å². The van der Waals surface area contributed by atoms with E-state index in [1.54, 1.807) is 24.6 Å². The van der Waals surface area contributed by atoms with E-state index in [9.17, 15) is 8.42 Å². The van der Waals surface area contributed by atoms with E-state index in [1.165, 1.54) is 6.26 Å². The maximum Gasteiger partial charge on any atom is 0.236 e. The summed E-state index contributed by atoms with van der Waals surface area (Å²) in [6.45, 7) is 2.39. The van der Waals surface area contributed by atoms with Crippen molar-refractivity contribution in [3.05, 3.63) is 29.5 Å². The minimum atomic E-state index is -2.96. The molecular weight excluding hydrogens is 475 g/mol. The molecule has 0 amide bonds. The maximum atomic E-state index is 11.2. The lowest BCUT2D eigenvalue weighted by Gasteiger charge is -2.17. The highest BCUT2D eigenvalue weighted by atomic mass is 127. The van der Waals surface area contributed by atoms with Crippen molar-refractivity contribution in [2.24, 2.45) is 4.99 Å². The molecule has 0 bridgehead atoms. The van der Waals surface area contributed by atoms with E-state index >= 15 is 0 Å². The number of hydrogen-bond donors (Lipinski definition) is 2. The summed E-state index contributed by atoms with van der Waals surface area (Å²) in [6, 6.07) is 3.90. The lowest BCUT2D eigenvalue weighted by molar-refractivity contribution is 0.572. The van der Waals surface area contributed by atoms with Crippen molar-refractivity contribution >= 4 is 51.1 Å². The van der Waals surface area contributed by atoms with Gasteiger partial charge in [0.15, 0.2) is 5.96 Å². The number of sulfone groups is 1. The molecule has 0 aliphatic rings. The van der Waals surface area contributed by atoms with E-state index in [4.69, 9.17) is 4.42 Å². The summed E-state index contributed by atoms with van der Waals surface area (Å²) in [4.78, 5) is 9.54. The molecular formula is C15H23IN4O3S2. The first-order chi connectivity index (χ1) is 11.4. The molecule has 1 atom stereocenters. The first kappa shape index (κ1) is 21.9. The molecule has 2 aromatic heterocycles. The highest BCUT2D eigenvalue weighted by Gasteiger charge is 2.11. The van der Waals surface area contributed by atoms with Crippen molar-refractivity contribution in [2.75, 3.05) is 19.1 Å². The number of aliphatic imine (C=N–C) groups is 1. The molecule has 2 rings (SSSR count). The Morgan fingerprint density at radius 2 is 2.24 bits per heavy atom. The van der Waals surface area contributed by atoms with Crippen molar-refractivity contribution in [3.63, 3.8) is 0 Å². The van der Waals surface area contributed by atoms with Gasteiger partial charge >= 0.3 is 0 Å². The maximum absolute atomic E-state index is 11.2. The van der Waals surface area contributed by atoms with Gasteiger partial charge in [0.25, 0.3) is 0 Å². The van der Waals surface area contributed by atoms with Crippen LogP contribution in [0.25, 0.3) is 10.8 Å². The Morgan fingerprint density at radius 1 is 1.48 bits per heavy atom. The molecule has 0 aliphatic heterocycles. The molecule has 140 valence electrons. The van der Waals surface area contributed by atoms with Gasteiger partial charge in [-0.3, -0.25) is 4.99 Å². The van der Waals surface area contributed by atoms with Crippen LogP contribution in [0.2, 0.25) is 0 Å². The minimum Gasteiger partial charge on any atom is -0.443 e. The molecule has 0 fully saturated rings. The minimum absolute atomic E-state index is 0. The average Bonchev–Trinajstić information content (AvgIpc) is 3.19. The molecule has 0 spiro atoms. The molecule has 10 heteroatoms. The summed E-state index contributed by atoms with van der Waals surface area (Å²) < 4.78 is 27.9. The fraction of sp³-hybridized carbons (Fsp3) is 0.467. The third-order valence-corrected chi connectivity index (χ3v) is 5.08. The predicted octanol–water partition coefficient (Wildman–Crippen LogP) is 2.51. The Kier molecular flexibility index (Phi) is 8.86. The van der Waals surface area contributed by atoms with Gasteiger partial charge in [-0.15, -0.1) is 35.3 Å². The summed E-state index contributed by atoms with van der Waals surface area (Å²) >= 11 is 1.57.